The van der Waals surface area contributed by atoms with E-state index in [-0.39, 0.29) is 5.54 Å². The van der Waals surface area contributed by atoms with Crippen molar-refractivity contribution in [2.75, 3.05) is 31.1 Å². The molecule has 0 radical (unpaired) electrons. The van der Waals surface area contributed by atoms with Crippen LogP contribution in [0.2, 0.25) is 0 Å². The zero-order valence-electron chi connectivity index (χ0n) is 12.4. The number of rotatable bonds is 1. The second-order valence-corrected chi connectivity index (χ2v) is 6.72. The topological polar surface area (TPSA) is 18.5 Å². The lowest BCUT2D eigenvalue weighted by Gasteiger charge is -2.31. The van der Waals surface area contributed by atoms with Crippen molar-refractivity contribution >= 4 is 5.69 Å². The summed E-state index contributed by atoms with van der Waals surface area (Å²) < 4.78 is 0. The Morgan fingerprint density at radius 1 is 1.00 bits per heavy atom. The van der Waals surface area contributed by atoms with Gasteiger partial charge >= 0.3 is 0 Å². The second-order valence-electron chi connectivity index (χ2n) is 6.72. The van der Waals surface area contributed by atoms with Crippen LogP contribution in [0.4, 0.5) is 5.69 Å². The van der Waals surface area contributed by atoms with Gasteiger partial charge in [-0.25, -0.2) is 0 Å². The lowest BCUT2D eigenvalue weighted by atomic mass is 10.1. The molecule has 1 fully saturated rings. The summed E-state index contributed by atoms with van der Waals surface area (Å²) in [5, 5.41) is 3.41. The summed E-state index contributed by atoms with van der Waals surface area (Å²) in [6.45, 7) is 13.6. The molecule has 104 valence electrons. The maximum atomic E-state index is 3.41. The van der Waals surface area contributed by atoms with Gasteiger partial charge in [-0.3, -0.25) is 4.90 Å². The van der Waals surface area contributed by atoms with Crippen molar-refractivity contribution in [3.63, 3.8) is 0 Å². The number of anilines is 1. The third-order valence-electron chi connectivity index (χ3n) is 4.34. The SMILES string of the molecule is CC(C)(C)N1Cc2ccc(N3CCNCC3)cc2C1. The highest BCUT2D eigenvalue weighted by atomic mass is 15.2. The van der Waals surface area contributed by atoms with Crippen LogP contribution in [0.3, 0.4) is 0 Å². The molecule has 3 nitrogen and oxygen atoms in total. The first-order chi connectivity index (χ1) is 9.04. The summed E-state index contributed by atoms with van der Waals surface area (Å²) in [5.74, 6) is 0. The molecule has 3 rings (SSSR count). The van der Waals surface area contributed by atoms with Crippen molar-refractivity contribution in [2.24, 2.45) is 0 Å². The third-order valence-corrected chi connectivity index (χ3v) is 4.34. The fourth-order valence-corrected chi connectivity index (χ4v) is 2.97. The average molecular weight is 259 g/mol. The van der Waals surface area contributed by atoms with Gasteiger partial charge in [0.1, 0.15) is 0 Å². The van der Waals surface area contributed by atoms with Gasteiger partial charge in [0, 0.05) is 50.5 Å². The van der Waals surface area contributed by atoms with Gasteiger partial charge in [0.2, 0.25) is 0 Å². The van der Waals surface area contributed by atoms with E-state index in [1.54, 1.807) is 0 Å². The van der Waals surface area contributed by atoms with E-state index in [1.807, 2.05) is 0 Å². The molecule has 2 aliphatic heterocycles. The molecule has 1 N–H and O–H groups in total. The number of benzene rings is 1. The molecule has 0 amide bonds. The average Bonchev–Trinajstić information content (AvgIpc) is 2.82. The zero-order chi connectivity index (χ0) is 13.5. The van der Waals surface area contributed by atoms with Gasteiger partial charge < -0.3 is 10.2 Å². The van der Waals surface area contributed by atoms with Gasteiger partial charge in [0.05, 0.1) is 0 Å². The highest BCUT2D eigenvalue weighted by Gasteiger charge is 2.28. The van der Waals surface area contributed by atoms with Crippen molar-refractivity contribution in [2.45, 2.75) is 39.4 Å². The first kappa shape index (κ1) is 12.9. The fourth-order valence-electron chi connectivity index (χ4n) is 2.97. The Kier molecular flexibility index (Phi) is 3.27. The quantitative estimate of drug-likeness (QED) is 0.834. The molecule has 0 saturated carbocycles. The van der Waals surface area contributed by atoms with Crippen LogP contribution in [0.15, 0.2) is 18.2 Å². The summed E-state index contributed by atoms with van der Waals surface area (Å²) >= 11 is 0. The van der Waals surface area contributed by atoms with Gasteiger partial charge in [-0.2, -0.15) is 0 Å². The smallest absolute Gasteiger partial charge is 0.0370 e. The fraction of sp³-hybridized carbons (Fsp3) is 0.625. The molecule has 2 heterocycles. The summed E-state index contributed by atoms with van der Waals surface area (Å²) in [6, 6.07) is 7.04. The van der Waals surface area contributed by atoms with Gasteiger partial charge in [0.15, 0.2) is 0 Å². The first-order valence-electron chi connectivity index (χ1n) is 7.36. The second kappa shape index (κ2) is 4.80. The molecule has 0 aromatic heterocycles. The molecule has 19 heavy (non-hydrogen) atoms. The molecule has 0 unspecified atom stereocenters. The van der Waals surface area contributed by atoms with Crippen LogP contribution in [-0.4, -0.2) is 36.6 Å². The van der Waals surface area contributed by atoms with Crippen LogP contribution in [0.5, 0.6) is 0 Å². The number of piperazine rings is 1. The van der Waals surface area contributed by atoms with E-state index in [1.165, 1.54) is 16.8 Å². The lowest BCUT2D eigenvalue weighted by Crippen LogP contribution is -2.43. The van der Waals surface area contributed by atoms with Crippen molar-refractivity contribution < 1.29 is 0 Å². The van der Waals surface area contributed by atoms with Gasteiger partial charge in [0.25, 0.3) is 0 Å². The van der Waals surface area contributed by atoms with Crippen LogP contribution in [0.25, 0.3) is 0 Å². The minimum absolute atomic E-state index is 0.258. The standard InChI is InChI=1S/C16H25N3/c1-16(2,3)19-11-13-4-5-15(10-14(13)12-19)18-8-6-17-7-9-18/h4-5,10,17H,6-9,11-12H2,1-3H3. The Hall–Kier alpha value is -1.06. The Labute approximate surface area is 116 Å². The molecule has 0 aliphatic carbocycles. The maximum Gasteiger partial charge on any atom is 0.0370 e. The monoisotopic (exact) mass is 259 g/mol. The molecular weight excluding hydrogens is 234 g/mol. The first-order valence-corrected chi connectivity index (χ1v) is 7.36. The van der Waals surface area contributed by atoms with Crippen LogP contribution >= 0.6 is 0 Å². The van der Waals surface area contributed by atoms with Crippen LogP contribution in [0.1, 0.15) is 31.9 Å². The molecule has 1 aromatic rings. The van der Waals surface area contributed by atoms with E-state index in [0.29, 0.717) is 0 Å². The Morgan fingerprint density at radius 2 is 1.68 bits per heavy atom. The van der Waals surface area contributed by atoms with Crippen molar-refractivity contribution in [3.8, 4) is 0 Å². The van der Waals surface area contributed by atoms with Crippen LogP contribution < -0.4 is 10.2 Å². The summed E-state index contributed by atoms with van der Waals surface area (Å²) in [7, 11) is 0. The van der Waals surface area contributed by atoms with Crippen molar-refractivity contribution in [1.82, 2.24) is 10.2 Å². The summed E-state index contributed by atoms with van der Waals surface area (Å²) in [4.78, 5) is 5.05. The Morgan fingerprint density at radius 3 is 2.37 bits per heavy atom. The predicted molar refractivity (Wildman–Crippen MR) is 80.5 cm³/mol. The van der Waals surface area contributed by atoms with Crippen molar-refractivity contribution in [3.05, 3.63) is 29.3 Å². The minimum atomic E-state index is 0.258. The van der Waals surface area contributed by atoms with E-state index < -0.39 is 0 Å². The van der Waals surface area contributed by atoms with E-state index >= 15 is 0 Å². The van der Waals surface area contributed by atoms with Crippen LogP contribution in [-0.2, 0) is 13.1 Å². The molecule has 0 atom stereocenters. The summed E-state index contributed by atoms with van der Waals surface area (Å²) in [5.41, 5.74) is 4.68. The number of hydrogen-bond donors (Lipinski definition) is 1. The molecule has 1 aromatic carbocycles. The van der Waals surface area contributed by atoms with Crippen molar-refractivity contribution in [1.29, 1.82) is 0 Å². The highest BCUT2D eigenvalue weighted by molar-refractivity contribution is 5.52. The number of nitrogens with zero attached hydrogens (tertiary/aromatic N) is 2. The largest absolute Gasteiger partial charge is 0.369 e. The Bertz CT molecular complexity index is 456. The lowest BCUT2D eigenvalue weighted by molar-refractivity contribution is 0.136. The maximum absolute atomic E-state index is 3.41. The number of hydrogen-bond acceptors (Lipinski definition) is 3. The normalized spacial score (nSPS) is 20.7. The van der Waals surface area contributed by atoms with E-state index in [2.05, 4.69) is 54.1 Å². The molecule has 0 spiro atoms. The van der Waals surface area contributed by atoms with E-state index in [9.17, 15) is 0 Å². The van der Waals surface area contributed by atoms with Crippen LogP contribution in [0, 0.1) is 0 Å². The van der Waals surface area contributed by atoms with Gasteiger partial charge in [-0.05, 0) is 44.0 Å². The highest BCUT2D eigenvalue weighted by Crippen LogP contribution is 2.31. The van der Waals surface area contributed by atoms with Gasteiger partial charge in [-0.15, -0.1) is 0 Å². The third kappa shape index (κ3) is 2.63. The van der Waals surface area contributed by atoms with E-state index in [4.69, 9.17) is 0 Å². The predicted octanol–water partition coefficient (Wildman–Crippen LogP) is 2.21. The van der Waals surface area contributed by atoms with Gasteiger partial charge in [-0.1, -0.05) is 6.07 Å². The molecular formula is C16H25N3. The molecule has 3 heteroatoms. The summed E-state index contributed by atoms with van der Waals surface area (Å²) in [6.07, 6.45) is 0. The number of nitrogens with one attached hydrogen (secondary N) is 1. The molecule has 0 bridgehead atoms. The molecule has 2 aliphatic rings. The van der Waals surface area contributed by atoms with E-state index in [0.717, 1.165) is 39.3 Å². The minimum Gasteiger partial charge on any atom is -0.369 e. The Balaban J connectivity index is 1.79. The zero-order valence-corrected chi connectivity index (χ0v) is 12.4. The molecule has 1 saturated heterocycles. The number of fused-ring (bicyclic) bond motifs is 1.